The molecule has 0 aliphatic carbocycles. The summed E-state index contributed by atoms with van der Waals surface area (Å²) in [5.41, 5.74) is 6.37. The summed E-state index contributed by atoms with van der Waals surface area (Å²) in [5, 5.41) is 0. The molecule has 2 N–H and O–H groups in total. The molecule has 2 heteroatoms. The van der Waals surface area contributed by atoms with E-state index in [1.165, 1.54) is 0 Å². The summed E-state index contributed by atoms with van der Waals surface area (Å²) < 4.78 is 11.7. The minimum absolute atomic E-state index is 0.290. The lowest BCUT2D eigenvalue weighted by atomic mass is 10.1. The van der Waals surface area contributed by atoms with Crippen LogP contribution in [0, 0.1) is 0 Å². The second-order valence-corrected chi connectivity index (χ2v) is 2.41. The van der Waals surface area contributed by atoms with Crippen LogP contribution in [0.1, 0.15) is 19.8 Å². The van der Waals surface area contributed by atoms with Crippen LogP contribution in [0.5, 0.6) is 0 Å². The molecule has 0 aromatic carbocycles. The maximum absolute atomic E-state index is 11.7. The summed E-state index contributed by atoms with van der Waals surface area (Å²) in [6.45, 7) is 5.18. The molecule has 0 aliphatic heterocycles. The van der Waals surface area contributed by atoms with Gasteiger partial charge in [-0.25, -0.2) is 4.39 Å². The molecule has 9 heavy (non-hydrogen) atoms. The number of hydrogen-bond acceptors (Lipinski definition) is 1. The SMILES string of the molecule is C=C(C)CCC(N)CF. The quantitative estimate of drug-likeness (QED) is 0.577. The van der Waals surface area contributed by atoms with E-state index in [1.807, 2.05) is 6.92 Å². The number of hydrogen-bond donors (Lipinski definition) is 1. The van der Waals surface area contributed by atoms with Gasteiger partial charge in [0.15, 0.2) is 0 Å². The van der Waals surface area contributed by atoms with E-state index in [0.717, 1.165) is 12.0 Å². The Morgan fingerprint density at radius 3 is 2.67 bits per heavy atom. The Hall–Kier alpha value is -0.370. The first-order valence-electron chi connectivity index (χ1n) is 3.12. The largest absolute Gasteiger partial charge is 0.325 e. The van der Waals surface area contributed by atoms with Crippen molar-refractivity contribution in [2.24, 2.45) is 5.73 Å². The zero-order valence-corrected chi connectivity index (χ0v) is 5.86. The van der Waals surface area contributed by atoms with Crippen molar-refractivity contribution >= 4 is 0 Å². The standard InChI is InChI=1S/C7H14FN/c1-6(2)3-4-7(9)5-8/h7H,1,3-5,9H2,2H3. The fraction of sp³-hybridized carbons (Fsp3) is 0.714. The molecule has 0 rings (SSSR count). The van der Waals surface area contributed by atoms with Crippen LogP contribution in [-0.4, -0.2) is 12.7 Å². The molecular weight excluding hydrogens is 117 g/mol. The van der Waals surface area contributed by atoms with E-state index in [1.54, 1.807) is 0 Å². The van der Waals surface area contributed by atoms with Gasteiger partial charge in [-0.3, -0.25) is 0 Å². The fourth-order valence-corrected chi connectivity index (χ4v) is 0.509. The highest BCUT2D eigenvalue weighted by atomic mass is 19.1. The van der Waals surface area contributed by atoms with Gasteiger partial charge in [0, 0.05) is 6.04 Å². The number of halogens is 1. The highest BCUT2D eigenvalue weighted by molar-refractivity contribution is 4.88. The van der Waals surface area contributed by atoms with Crippen molar-refractivity contribution in [2.75, 3.05) is 6.67 Å². The third-order valence-corrected chi connectivity index (χ3v) is 1.14. The molecule has 0 amide bonds. The van der Waals surface area contributed by atoms with Crippen LogP contribution < -0.4 is 5.73 Å². The molecule has 0 fully saturated rings. The summed E-state index contributed by atoms with van der Waals surface area (Å²) in [4.78, 5) is 0. The topological polar surface area (TPSA) is 26.0 Å². The van der Waals surface area contributed by atoms with Crippen molar-refractivity contribution in [3.63, 3.8) is 0 Å². The van der Waals surface area contributed by atoms with Gasteiger partial charge in [-0.1, -0.05) is 5.57 Å². The van der Waals surface area contributed by atoms with Crippen LogP contribution in [0.3, 0.4) is 0 Å². The van der Waals surface area contributed by atoms with E-state index in [-0.39, 0.29) is 6.04 Å². The van der Waals surface area contributed by atoms with E-state index in [9.17, 15) is 4.39 Å². The van der Waals surface area contributed by atoms with Crippen LogP contribution in [0.25, 0.3) is 0 Å². The molecule has 0 aromatic heterocycles. The number of rotatable bonds is 4. The molecule has 0 aromatic rings. The van der Waals surface area contributed by atoms with Crippen molar-refractivity contribution in [1.82, 2.24) is 0 Å². The molecule has 1 nitrogen and oxygen atoms in total. The molecule has 0 bridgehead atoms. The molecule has 0 saturated carbocycles. The molecule has 0 spiro atoms. The third kappa shape index (κ3) is 5.50. The monoisotopic (exact) mass is 131 g/mol. The predicted octanol–water partition coefficient (Wildman–Crippen LogP) is 1.64. The Kier molecular flexibility index (Phi) is 4.32. The summed E-state index contributed by atoms with van der Waals surface area (Å²) in [7, 11) is 0. The fourth-order valence-electron chi connectivity index (χ4n) is 0.509. The molecular formula is C7H14FN. The van der Waals surface area contributed by atoms with Crippen LogP contribution >= 0.6 is 0 Å². The van der Waals surface area contributed by atoms with Gasteiger partial charge in [0.05, 0.1) is 0 Å². The molecule has 1 atom stereocenters. The predicted molar refractivity (Wildman–Crippen MR) is 38.0 cm³/mol. The zero-order chi connectivity index (χ0) is 7.28. The third-order valence-electron chi connectivity index (χ3n) is 1.14. The first-order valence-corrected chi connectivity index (χ1v) is 3.12. The molecule has 0 heterocycles. The van der Waals surface area contributed by atoms with Crippen LogP contribution in [0.4, 0.5) is 4.39 Å². The van der Waals surface area contributed by atoms with Gasteiger partial charge in [0.1, 0.15) is 6.67 Å². The van der Waals surface area contributed by atoms with E-state index in [0.29, 0.717) is 6.42 Å². The first kappa shape index (κ1) is 8.63. The minimum atomic E-state index is -0.423. The van der Waals surface area contributed by atoms with Gasteiger partial charge < -0.3 is 5.73 Å². The highest BCUT2D eigenvalue weighted by Crippen LogP contribution is 2.02. The van der Waals surface area contributed by atoms with E-state index in [2.05, 4.69) is 6.58 Å². The van der Waals surface area contributed by atoms with Gasteiger partial charge in [0.25, 0.3) is 0 Å². The summed E-state index contributed by atoms with van der Waals surface area (Å²) >= 11 is 0. The second-order valence-electron chi connectivity index (χ2n) is 2.41. The van der Waals surface area contributed by atoms with Crippen molar-refractivity contribution in [2.45, 2.75) is 25.8 Å². The maximum Gasteiger partial charge on any atom is 0.104 e. The Morgan fingerprint density at radius 1 is 1.78 bits per heavy atom. The van der Waals surface area contributed by atoms with Crippen molar-refractivity contribution in [1.29, 1.82) is 0 Å². The summed E-state index contributed by atoms with van der Waals surface area (Å²) in [6.07, 6.45) is 1.55. The average Bonchev–Trinajstić information content (AvgIpc) is 1.83. The number of nitrogens with two attached hydrogens (primary N) is 1. The van der Waals surface area contributed by atoms with Crippen LogP contribution in [0.15, 0.2) is 12.2 Å². The Bertz CT molecular complexity index is 90.9. The van der Waals surface area contributed by atoms with Gasteiger partial charge in [0.2, 0.25) is 0 Å². The van der Waals surface area contributed by atoms with Crippen molar-refractivity contribution < 1.29 is 4.39 Å². The van der Waals surface area contributed by atoms with Gasteiger partial charge in [-0.05, 0) is 19.8 Å². The summed E-state index contributed by atoms with van der Waals surface area (Å²) in [6, 6.07) is -0.290. The Balaban J connectivity index is 3.16. The lowest BCUT2D eigenvalue weighted by Crippen LogP contribution is -2.21. The maximum atomic E-state index is 11.7. The number of alkyl halides is 1. The highest BCUT2D eigenvalue weighted by Gasteiger charge is 1.99. The van der Waals surface area contributed by atoms with E-state index in [4.69, 9.17) is 5.73 Å². The van der Waals surface area contributed by atoms with Crippen molar-refractivity contribution in [3.8, 4) is 0 Å². The van der Waals surface area contributed by atoms with Gasteiger partial charge in [-0.2, -0.15) is 0 Å². The van der Waals surface area contributed by atoms with E-state index >= 15 is 0 Å². The molecule has 0 aliphatic rings. The van der Waals surface area contributed by atoms with Crippen LogP contribution in [-0.2, 0) is 0 Å². The van der Waals surface area contributed by atoms with Gasteiger partial charge >= 0.3 is 0 Å². The summed E-state index contributed by atoms with van der Waals surface area (Å²) in [5.74, 6) is 0. The zero-order valence-electron chi connectivity index (χ0n) is 5.86. The molecule has 0 radical (unpaired) electrons. The Labute approximate surface area is 55.7 Å². The van der Waals surface area contributed by atoms with E-state index < -0.39 is 6.67 Å². The normalized spacial score (nSPS) is 13.2. The average molecular weight is 131 g/mol. The lowest BCUT2D eigenvalue weighted by Gasteiger charge is -2.04. The Morgan fingerprint density at radius 2 is 2.33 bits per heavy atom. The smallest absolute Gasteiger partial charge is 0.104 e. The number of allylic oxidation sites excluding steroid dienone is 1. The van der Waals surface area contributed by atoms with Crippen molar-refractivity contribution in [3.05, 3.63) is 12.2 Å². The minimum Gasteiger partial charge on any atom is -0.325 e. The first-order chi connectivity index (χ1) is 4.16. The van der Waals surface area contributed by atoms with Gasteiger partial charge in [-0.15, -0.1) is 6.58 Å². The lowest BCUT2D eigenvalue weighted by molar-refractivity contribution is 0.413. The molecule has 0 saturated heterocycles. The second kappa shape index (κ2) is 4.50. The molecule has 54 valence electrons. The van der Waals surface area contributed by atoms with Crippen LogP contribution in [0.2, 0.25) is 0 Å². The molecule has 1 unspecified atom stereocenters.